The van der Waals surface area contributed by atoms with Crippen LogP contribution in [0.15, 0.2) is 103 Å². The van der Waals surface area contributed by atoms with Crippen LogP contribution in [0.25, 0.3) is 11.4 Å². The average molecular weight is 954 g/mol. The molecule has 2 heterocycles. The van der Waals surface area contributed by atoms with E-state index in [9.17, 15) is 66.6 Å². The van der Waals surface area contributed by atoms with Gasteiger partial charge >= 0.3 is 17.4 Å². The molecular weight excluding hydrogens is 935 g/mol. The Hall–Kier alpha value is -6.57. The van der Waals surface area contributed by atoms with Crippen molar-refractivity contribution in [1.29, 1.82) is 0 Å². The molecule has 29 heteroatoms. The van der Waals surface area contributed by atoms with E-state index in [4.69, 9.17) is 23.2 Å². The van der Waals surface area contributed by atoms with Crippen molar-refractivity contribution < 1.29 is 73.6 Å². The second kappa shape index (κ2) is 18.4. The Balaban J connectivity index is 0.000000264. The Morgan fingerprint density at radius 1 is 0.590 bits per heavy atom. The van der Waals surface area contributed by atoms with Gasteiger partial charge in [-0.2, -0.15) is 20.4 Å². The Morgan fingerprint density at radius 3 is 1.23 bits per heavy atom. The first-order chi connectivity index (χ1) is 28.0. The zero-order chi connectivity index (χ0) is 44.4. The minimum atomic E-state index is -5.12. The molecule has 24 nitrogen and oxygen atoms in total. The molecule has 0 fully saturated rings. The summed E-state index contributed by atoms with van der Waals surface area (Å²) in [6.07, 6.45) is 0. The fourth-order valence-electron chi connectivity index (χ4n) is 4.85. The normalized spacial score (nSPS) is 11.6. The van der Waals surface area contributed by atoms with E-state index < -0.39 is 85.9 Å². The van der Waals surface area contributed by atoms with Crippen molar-refractivity contribution >= 4 is 77.6 Å². The largest absolute Gasteiger partial charge is 3.00 e. The van der Waals surface area contributed by atoms with Crippen molar-refractivity contribution in [2.24, 2.45) is 20.5 Å². The van der Waals surface area contributed by atoms with Crippen LogP contribution in [0.4, 0.5) is 34.1 Å². The first-order valence-corrected chi connectivity index (χ1v) is 19.3. The molecule has 0 amide bonds. The van der Waals surface area contributed by atoms with Crippen LogP contribution in [0.1, 0.15) is 11.4 Å². The third kappa shape index (κ3) is 10.6. The number of hydrogen-bond acceptors (Lipinski definition) is 20. The minimum Gasteiger partial charge on any atom is -0.866 e. The molecule has 0 aliphatic carbocycles. The molecule has 0 aliphatic heterocycles. The van der Waals surface area contributed by atoms with Crippen LogP contribution < -0.4 is 20.4 Å². The second-order valence-corrected chi connectivity index (χ2v) is 15.3. The molecule has 0 spiro atoms. The van der Waals surface area contributed by atoms with Gasteiger partial charge in [0.05, 0.1) is 53.8 Å². The maximum atomic E-state index is 12.6. The number of nitro groups is 2. The van der Waals surface area contributed by atoms with Gasteiger partial charge in [-0.15, -0.1) is 10.2 Å². The second-order valence-electron chi connectivity index (χ2n) is 11.7. The maximum absolute atomic E-state index is 12.6. The van der Waals surface area contributed by atoms with Gasteiger partial charge in [-0.3, -0.25) is 20.2 Å². The van der Waals surface area contributed by atoms with Crippen LogP contribution in [0.3, 0.4) is 0 Å². The summed E-state index contributed by atoms with van der Waals surface area (Å²) in [6.45, 7) is 2.85. The first kappa shape index (κ1) is 47.1. The molecule has 2 aromatic heterocycles. The molecule has 6 rings (SSSR count). The number of hydrogen-bond donors (Lipinski definition) is 0. The molecule has 0 aliphatic rings. The Kier molecular flexibility index (Phi) is 14.2. The van der Waals surface area contributed by atoms with E-state index in [0.29, 0.717) is 45.7 Å². The molecular formula is C32H18Cl2CrN10O14S2-3. The molecule has 4 aromatic carbocycles. The first-order valence-electron chi connectivity index (χ1n) is 15.8. The maximum Gasteiger partial charge on any atom is 3.00 e. The minimum absolute atomic E-state index is 0. The summed E-state index contributed by atoms with van der Waals surface area (Å²) in [4.78, 5) is 17.6. The van der Waals surface area contributed by atoms with Gasteiger partial charge in [0.2, 0.25) is 0 Å². The topological polar surface area (TPSA) is 378 Å². The molecule has 6 aromatic rings. The van der Waals surface area contributed by atoms with Gasteiger partial charge in [-0.05, 0) is 62.4 Å². The smallest absolute Gasteiger partial charge is 0.866 e. The zero-order valence-corrected chi connectivity index (χ0v) is 34.5. The van der Waals surface area contributed by atoms with E-state index in [0.717, 1.165) is 9.36 Å². The molecule has 0 saturated heterocycles. The third-order valence-electron chi connectivity index (χ3n) is 7.61. The van der Waals surface area contributed by atoms with Crippen molar-refractivity contribution in [1.82, 2.24) is 19.6 Å². The molecule has 315 valence electrons. The molecule has 1 radical (unpaired) electrons. The van der Waals surface area contributed by atoms with E-state index >= 15 is 0 Å². The van der Waals surface area contributed by atoms with Gasteiger partial charge in [0.25, 0.3) is 11.4 Å². The number of aromatic nitrogens is 4. The Morgan fingerprint density at radius 2 is 0.934 bits per heavy atom. The number of nitrogens with zero attached hydrogens (tertiary/aromatic N) is 10. The van der Waals surface area contributed by atoms with E-state index in [1.165, 1.54) is 26.0 Å². The molecule has 0 unspecified atom stereocenters. The van der Waals surface area contributed by atoms with Crippen LogP contribution in [0, 0.1) is 34.1 Å². The zero-order valence-electron chi connectivity index (χ0n) is 30.1. The van der Waals surface area contributed by atoms with E-state index in [-0.39, 0.29) is 40.1 Å². The summed E-state index contributed by atoms with van der Waals surface area (Å²) in [5.41, 5.74) is -3.66. The Bertz CT molecular complexity index is 2820. The number of rotatable bonds is 10. The summed E-state index contributed by atoms with van der Waals surface area (Å²) in [7, 11) is -10.2. The van der Waals surface area contributed by atoms with Gasteiger partial charge in [0.15, 0.2) is 0 Å². The van der Waals surface area contributed by atoms with E-state index in [1.807, 2.05) is 0 Å². The van der Waals surface area contributed by atoms with Gasteiger partial charge in [0, 0.05) is 45.4 Å². The molecule has 0 N–H and O–H groups in total. The predicted octanol–water partition coefficient (Wildman–Crippen LogP) is 4.42. The van der Waals surface area contributed by atoms with Crippen LogP contribution >= 0.6 is 23.2 Å². The predicted molar refractivity (Wildman–Crippen MR) is 195 cm³/mol. The number of halogens is 2. The summed E-state index contributed by atoms with van der Waals surface area (Å²) < 4.78 is 69.3. The van der Waals surface area contributed by atoms with Crippen molar-refractivity contribution in [3.8, 4) is 34.6 Å². The standard InChI is InChI=1S/2C16H12ClN5O7S.Cr/c2*1-8-14(16(24)21(20-8)10-4-2-3-9(17)5-10)19-18-12-6-11(30(27,28)29)7-13(15(12)23)22(25)26;/h2*2-7,23-24H,1H3,(H,27,28,29);/q;;+3/p-6. The van der Waals surface area contributed by atoms with E-state index in [1.54, 1.807) is 36.4 Å². The van der Waals surface area contributed by atoms with Crippen molar-refractivity contribution in [3.63, 3.8) is 0 Å². The average Bonchev–Trinajstić information content (AvgIpc) is 3.61. The summed E-state index contributed by atoms with van der Waals surface area (Å²) in [5, 5.41) is 94.3. The summed E-state index contributed by atoms with van der Waals surface area (Å²) in [6, 6.07) is 14.2. The van der Waals surface area contributed by atoms with Crippen LogP contribution in [-0.4, -0.2) is 55.3 Å². The number of aryl methyl sites for hydroxylation is 2. The number of nitro benzene ring substituents is 2. The van der Waals surface area contributed by atoms with Gasteiger partial charge in [0.1, 0.15) is 31.6 Å². The molecule has 61 heavy (non-hydrogen) atoms. The number of benzene rings is 4. The fourth-order valence-corrected chi connectivity index (χ4v) is 6.25. The SMILES string of the molecule is Cc1nn(-c2cccc(Cl)c2)c([O-])c1N=Nc1cc(S(=O)(=O)[O-])cc([N+](=O)[O-])c1[O-].Cc1nn(-c2cccc(Cl)c2)c([O-])c1N=Nc1cc(S(=O)(=O)[O-])cc([N+](=O)[O-])c1[O-].[Cr+3]. The number of azo groups is 2. The monoisotopic (exact) mass is 952 g/mol. The van der Waals surface area contributed by atoms with Gasteiger partial charge in [-0.25, -0.2) is 26.2 Å². The van der Waals surface area contributed by atoms with Crippen molar-refractivity contribution in [3.05, 3.63) is 114 Å². The van der Waals surface area contributed by atoms with Crippen LogP contribution in [0.2, 0.25) is 10.0 Å². The molecule has 0 atom stereocenters. The van der Waals surface area contributed by atoms with Gasteiger partial charge < -0.3 is 29.5 Å². The summed E-state index contributed by atoms with van der Waals surface area (Å²) >= 11 is 11.8. The van der Waals surface area contributed by atoms with Crippen molar-refractivity contribution in [2.45, 2.75) is 23.6 Å². The molecule has 0 saturated carbocycles. The van der Waals surface area contributed by atoms with Gasteiger partial charge in [-0.1, -0.05) is 35.3 Å². The Labute approximate surface area is 362 Å². The van der Waals surface area contributed by atoms with E-state index in [2.05, 4.69) is 30.7 Å². The third-order valence-corrected chi connectivity index (χ3v) is 9.71. The molecule has 0 bridgehead atoms. The fraction of sp³-hybridized carbons (Fsp3) is 0.0625. The van der Waals surface area contributed by atoms with Crippen LogP contribution in [0.5, 0.6) is 23.3 Å². The quantitative estimate of drug-likeness (QED) is 0.0793. The van der Waals surface area contributed by atoms with Crippen molar-refractivity contribution in [2.75, 3.05) is 0 Å². The van der Waals surface area contributed by atoms with Crippen LogP contribution in [-0.2, 0) is 37.6 Å². The summed E-state index contributed by atoms with van der Waals surface area (Å²) in [5.74, 6) is -4.01.